The molecule has 0 spiro atoms. The summed E-state index contributed by atoms with van der Waals surface area (Å²) < 4.78 is 0. The Kier molecular flexibility index (Phi) is 3.81. The van der Waals surface area contributed by atoms with Gasteiger partial charge in [-0.2, -0.15) is 0 Å². The van der Waals surface area contributed by atoms with Gasteiger partial charge in [-0.1, -0.05) is 11.6 Å². The van der Waals surface area contributed by atoms with Crippen molar-refractivity contribution in [3.8, 4) is 0 Å². The van der Waals surface area contributed by atoms with E-state index in [1.54, 1.807) is 0 Å². The maximum atomic E-state index is 5.90. The molecule has 0 unspecified atom stereocenters. The molecule has 0 saturated heterocycles. The average Bonchev–Trinajstić information content (AvgIpc) is 2.49. The van der Waals surface area contributed by atoms with Crippen LogP contribution < -0.4 is 5.73 Å². The van der Waals surface area contributed by atoms with E-state index in [0.717, 1.165) is 17.0 Å². The van der Waals surface area contributed by atoms with Gasteiger partial charge >= 0.3 is 0 Å². The second-order valence-electron chi connectivity index (χ2n) is 3.04. The number of nitrogens with two attached hydrogens (primary N) is 1. The minimum atomic E-state index is 0. The molecule has 4 heteroatoms. The van der Waals surface area contributed by atoms with Crippen molar-refractivity contribution < 1.29 is 0 Å². The molecule has 0 bridgehead atoms. The summed E-state index contributed by atoms with van der Waals surface area (Å²) in [4.78, 5) is 3.19. The van der Waals surface area contributed by atoms with Crippen molar-refractivity contribution in [3.05, 3.63) is 35.0 Å². The van der Waals surface area contributed by atoms with Gasteiger partial charge in [0, 0.05) is 22.1 Å². The normalized spacial score (nSPS) is 10.1. The smallest absolute Gasteiger partial charge is 0.0457 e. The molecule has 3 N–H and O–H groups in total. The lowest BCUT2D eigenvalue weighted by molar-refractivity contribution is 0.976. The van der Waals surface area contributed by atoms with Crippen LogP contribution in [0, 0.1) is 0 Å². The summed E-state index contributed by atoms with van der Waals surface area (Å²) in [7, 11) is 0. The highest BCUT2D eigenvalue weighted by atomic mass is 35.5. The van der Waals surface area contributed by atoms with Crippen molar-refractivity contribution in [1.29, 1.82) is 0 Å². The Morgan fingerprint density at radius 2 is 2.14 bits per heavy atom. The van der Waals surface area contributed by atoms with Crippen molar-refractivity contribution in [2.24, 2.45) is 5.73 Å². The largest absolute Gasteiger partial charge is 0.361 e. The van der Waals surface area contributed by atoms with E-state index in [9.17, 15) is 0 Å². The van der Waals surface area contributed by atoms with Gasteiger partial charge in [-0.25, -0.2) is 0 Å². The lowest BCUT2D eigenvalue weighted by atomic mass is 10.1. The Hall–Kier alpha value is -0.700. The molecule has 0 atom stereocenters. The van der Waals surface area contributed by atoms with Crippen LogP contribution >= 0.6 is 24.0 Å². The molecule has 2 aromatic rings. The van der Waals surface area contributed by atoms with E-state index in [1.165, 1.54) is 10.9 Å². The van der Waals surface area contributed by atoms with Gasteiger partial charge in [-0.05, 0) is 36.7 Å². The Labute approximate surface area is 93.8 Å². The van der Waals surface area contributed by atoms with Gasteiger partial charge in [0.1, 0.15) is 0 Å². The summed E-state index contributed by atoms with van der Waals surface area (Å²) in [5, 5.41) is 1.95. The lowest BCUT2D eigenvalue weighted by Gasteiger charge is -1.95. The predicted octanol–water partition coefficient (Wildman–Crippen LogP) is 2.74. The number of halogens is 2. The summed E-state index contributed by atoms with van der Waals surface area (Å²) in [6.45, 7) is 0.666. The van der Waals surface area contributed by atoms with E-state index < -0.39 is 0 Å². The Morgan fingerprint density at radius 3 is 2.86 bits per heavy atom. The zero-order chi connectivity index (χ0) is 9.26. The minimum Gasteiger partial charge on any atom is -0.361 e. The summed E-state index contributed by atoms with van der Waals surface area (Å²) in [5.41, 5.74) is 7.86. The van der Waals surface area contributed by atoms with Crippen molar-refractivity contribution >= 4 is 34.9 Å². The van der Waals surface area contributed by atoms with Crippen LogP contribution in [0.5, 0.6) is 0 Å². The standard InChI is InChI=1S/C10H11ClN2.ClH/c11-8-1-2-10-9(5-8)7(3-4-12)6-13-10;/h1-2,5-6,13H,3-4,12H2;1H. The highest BCUT2D eigenvalue weighted by molar-refractivity contribution is 6.31. The fourth-order valence-electron chi connectivity index (χ4n) is 1.51. The number of fused-ring (bicyclic) bond motifs is 1. The van der Waals surface area contributed by atoms with Gasteiger partial charge in [0.2, 0.25) is 0 Å². The summed E-state index contributed by atoms with van der Waals surface area (Å²) >= 11 is 5.90. The zero-order valence-electron chi connectivity index (χ0n) is 7.59. The van der Waals surface area contributed by atoms with Crippen LogP contribution in [0.3, 0.4) is 0 Å². The highest BCUT2D eigenvalue weighted by Gasteiger charge is 2.02. The number of hydrogen-bond acceptors (Lipinski definition) is 1. The molecule has 0 fully saturated rings. The lowest BCUT2D eigenvalue weighted by Crippen LogP contribution is -2.01. The topological polar surface area (TPSA) is 41.8 Å². The SMILES string of the molecule is Cl.NCCc1c[nH]c2ccc(Cl)cc12. The third-order valence-electron chi connectivity index (χ3n) is 2.14. The number of rotatable bonds is 2. The third-order valence-corrected chi connectivity index (χ3v) is 2.38. The quantitative estimate of drug-likeness (QED) is 0.819. The van der Waals surface area contributed by atoms with Crippen LogP contribution in [-0.4, -0.2) is 11.5 Å². The molecular formula is C10H12Cl2N2. The van der Waals surface area contributed by atoms with Crippen molar-refractivity contribution in [3.63, 3.8) is 0 Å². The second kappa shape index (κ2) is 4.69. The minimum absolute atomic E-state index is 0. The zero-order valence-corrected chi connectivity index (χ0v) is 9.16. The molecule has 0 amide bonds. The van der Waals surface area contributed by atoms with E-state index in [1.807, 2.05) is 24.4 Å². The van der Waals surface area contributed by atoms with Gasteiger partial charge < -0.3 is 10.7 Å². The van der Waals surface area contributed by atoms with Gasteiger partial charge in [0.05, 0.1) is 0 Å². The van der Waals surface area contributed by atoms with Crippen LogP contribution in [0.2, 0.25) is 5.02 Å². The van der Waals surface area contributed by atoms with Gasteiger partial charge in [0.25, 0.3) is 0 Å². The number of aromatic amines is 1. The summed E-state index contributed by atoms with van der Waals surface area (Å²) in [5.74, 6) is 0. The van der Waals surface area contributed by atoms with E-state index in [0.29, 0.717) is 6.54 Å². The summed E-state index contributed by atoms with van der Waals surface area (Å²) in [6, 6.07) is 5.84. The first-order chi connectivity index (χ1) is 6.31. The molecule has 0 aliphatic heterocycles. The Morgan fingerprint density at radius 1 is 1.36 bits per heavy atom. The maximum absolute atomic E-state index is 5.90. The molecule has 1 heterocycles. The molecule has 76 valence electrons. The Balaban J connectivity index is 0.000000980. The fourth-order valence-corrected chi connectivity index (χ4v) is 1.69. The molecule has 1 aromatic heterocycles. The van der Waals surface area contributed by atoms with E-state index in [4.69, 9.17) is 17.3 Å². The number of nitrogens with one attached hydrogen (secondary N) is 1. The molecule has 1 aromatic carbocycles. The van der Waals surface area contributed by atoms with Crippen molar-refractivity contribution in [1.82, 2.24) is 4.98 Å². The molecule has 2 rings (SSSR count). The van der Waals surface area contributed by atoms with Crippen molar-refractivity contribution in [2.45, 2.75) is 6.42 Å². The highest BCUT2D eigenvalue weighted by Crippen LogP contribution is 2.22. The maximum Gasteiger partial charge on any atom is 0.0457 e. The fraction of sp³-hybridized carbons (Fsp3) is 0.200. The third kappa shape index (κ3) is 2.03. The van der Waals surface area contributed by atoms with Crippen LogP contribution in [0.25, 0.3) is 10.9 Å². The predicted molar refractivity (Wildman–Crippen MR) is 63.3 cm³/mol. The first-order valence-electron chi connectivity index (χ1n) is 4.27. The van der Waals surface area contributed by atoms with E-state index in [-0.39, 0.29) is 12.4 Å². The first-order valence-corrected chi connectivity index (χ1v) is 4.64. The van der Waals surface area contributed by atoms with E-state index in [2.05, 4.69) is 4.98 Å². The molecule has 2 nitrogen and oxygen atoms in total. The second-order valence-corrected chi connectivity index (χ2v) is 3.48. The monoisotopic (exact) mass is 230 g/mol. The van der Waals surface area contributed by atoms with Gasteiger partial charge in [0.15, 0.2) is 0 Å². The van der Waals surface area contributed by atoms with Gasteiger partial charge in [-0.15, -0.1) is 12.4 Å². The van der Waals surface area contributed by atoms with Crippen LogP contribution in [-0.2, 0) is 6.42 Å². The number of hydrogen-bond donors (Lipinski definition) is 2. The van der Waals surface area contributed by atoms with Crippen LogP contribution in [0.4, 0.5) is 0 Å². The molecule has 14 heavy (non-hydrogen) atoms. The molecule has 0 aliphatic carbocycles. The number of H-pyrrole nitrogens is 1. The van der Waals surface area contributed by atoms with Crippen LogP contribution in [0.15, 0.2) is 24.4 Å². The van der Waals surface area contributed by atoms with Gasteiger partial charge in [-0.3, -0.25) is 0 Å². The van der Waals surface area contributed by atoms with Crippen molar-refractivity contribution in [2.75, 3.05) is 6.54 Å². The molecular weight excluding hydrogens is 219 g/mol. The number of benzene rings is 1. The summed E-state index contributed by atoms with van der Waals surface area (Å²) in [6.07, 6.45) is 2.88. The molecule has 0 aliphatic rings. The van der Waals surface area contributed by atoms with E-state index >= 15 is 0 Å². The van der Waals surface area contributed by atoms with Crippen LogP contribution in [0.1, 0.15) is 5.56 Å². The average molecular weight is 231 g/mol. The number of aromatic nitrogens is 1. The molecule has 0 radical (unpaired) electrons. The Bertz CT molecular complexity index is 423. The molecule has 0 saturated carbocycles. The first kappa shape index (κ1) is 11.4.